The van der Waals surface area contributed by atoms with Crippen LogP contribution >= 0.6 is 15.9 Å². The SMILES string of the molecule is CC1CC(=O)Nc2ccccc2N1C(=O)COC(=O)COc1ccc(Br)cc1F. The molecule has 0 radical (unpaired) electrons. The standard InChI is InChI=1S/C20H18BrFN2O5/c1-12-8-18(25)23-15-4-2-3-5-16(15)24(12)19(26)10-29-20(27)11-28-17-7-6-13(21)9-14(17)22/h2-7,9,12H,8,10-11H2,1H3,(H,23,25). The van der Waals surface area contributed by atoms with Crippen molar-refractivity contribution in [2.24, 2.45) is 0 Å². The number of amides is 2. The first-order chi connectivity index (χ1) is 13.8. The first kappa shape index (κ1) is 20.8. The van der Waals surface area contributed by atoms with Crippen LogP contribution in [0.25, 0.3) is 0 Å². The third-order valence-corrected chi connectivity index (χ3v) is 4.72. The molecule has 2 amide bonds. The van der Waals surface area contributed by atoms with Crippen molar-refractivity contribution in [1.29, 1.82) is 0 Å². The lowest BCUT2D eigenvalue weighted by atomic mass is 10.1. The van der Waals surface area contributed by atoms with Gasteiger partial charge in [0, 0.05) is 16.9 Å². The fourth-order valence-corrected chi connectivity index (χ4v) is 3.28. The van der Waals surface area contributed by atoms with Gasteiger partial charge in [0.1, 0.15) is 0 Å². The number of hydrogen-bond acceptors (Lipinski definition) is 5. The number of anilines is 2. The molecule has 1 aliphatic heterocycles. The smallest absolute Gasteiger partial charge is 0.344 e. The van der Waals surface area contributed by atoms with E-state index in [4.69, 9.17) is 9.47 Å². The maximum atomic E-state index is 13.7. The van der Waals surface area contributed by atoms with Crippen molar-refractivity contribution in [3.05, 3.63) is 52.8 Å². The maximum absolute atomic E-state index is 13.7. The lowest BCUT2D eigenvalue weighted by Crippen LogP contribution is -2.41. The van der Waals surface area contributed by atoms with Gasteiger partial charge in [-0.2, -0.15) is 0 Å². The molecule has 1 atom stereocenters. The summed E-state index contributed by atoms with van der Waals surface area (Å²) in [6, 6.07) is 10.6. The Balaban J connectivity index is 1.61. The van der Waals surface area contributed by atoms with Gasteiger partial charge in [0.25, 0.3) is 5.91 Å². The Morgan fingerprint density at radius 3 is 2.76 bits per heavy atom. The highest BCUT2D eigenvalue weighted by Crippen LogP contribution is 2.31. The van der Waals surface area contributed by atoms with Crippen LogP contribution in [0.1, 0.15) is 13.3 Å². The van der Waals surface area contributed by atoms with Gasteiger partial charge in [-0.25, -0.2) is 9.18 Å². The summed E-state index contributed by atoms with van der Waals surface area (Å²) >= 11 is 3.13. The molecule has 0 spiro atoms. The van der Waals surface area contributed by atoms with Gasteiger partial charge < -0.3 is 19.7 Å². The Morgan fingerprint density at radius 2 is 2.00 bits per heavy atom. The predicted octanol–water partition coefficient (Wildman–Crippen LogP) is 3.27. The van der Waals surface area contributed by atoms with Crippen LogP contribution in [0.5, 0.6) is 5.75 Å². The first-order valence-corrected chi connectivity index (χ1v) is 9.59. The molecule has 152 valence electrons. The first-order valence-electron chi connectivity index (χ1n) is 8.79. The zero-order valence-corrected chi connectivity index (χ0v) is 17.1. The van der Waals surface area contributed by atoms with E-state index >= 15 is 0 Å². The Kier molecular flexibility index (Phi) is 6.48. The number of fused-ring (bicyclic) bond motifs is 1. The number of para-hydroxylation sites is 2. The lowest BCUT2D eigenvalue weighted by Gasteiger charge is -2.27. The Labute approximate surface area is 174 Å². The number of rotatable bonds is 5. The van der Waals surface area contributed by atoms with E-state index in [1.54, 1.807) is 37.3 Å². The van der Waals surface area contributed by atoms with Crippen LogP contribution in [-0.4, -0.2) is 37.0 Å². The van der Waals surface area contributed by atoms with Gasteiger partial charge in [0.2, 0.25) is 5.91 Å². The van der Waals surface area contributed by atoms with Crippen molar-refractivity contribution in [3.63, 3.8) is 0 Å². The fraction of sp³-hybridized carbons (Fsp3) is 0.250. The number of ether oxygens (including phenoxy) is 2. The molecule has 1 aliphatic rings. The number of halogens is 2. The number of carbonyl (C=O) groups excluding carboxylic acids is 3. The molecule has 29 heavy (non-hydrogen) atoms. The monoisotopic (exact) mass is 464 g/mol. The van der Waals surface area contributed by atoms with Crippen LogP contribution in [-0.2, 0) is 19.1 Å². The number of carbonyl (C=O) groups is 3. The maximum Gasteiger partial charge on any atom is 0.344 e. The zero-order chi connectivity index (χ0) is 21.0. The highest BCUT2D eigenvalue weighted by molar-refractivity contribution is 9.10. The molecule has 7 nitrogen and oxygen atoms in total. The lowest BCUT2D eigenvalue weighted by molar-refractivity contribution is -0.150. The summed E-state index contributed by atoms with van der Waals surface area (Å²) in [5.41, 5.74) is 1.04. The Morgan fingerprint density at radius 1 is 1.24 bits per heavy atom. The van der Waals surface area contributed by atoms with Crippen LogP contribution < -0.4 is 15.0 Å². The summed E-state index contributed by atoms with van der Waals surface area (Å²) in [5.74, 6) is -2.23. The van der Waals surface area contributed by atoms with E-state index in [1.807, 2.05) is 0 Å². The van der Waals surface area contributed by atoms with Crippen molar-refractivity contribution in [2.45, 2.75) is 19.4 Å². The molecule has 2 aromatic carbocycles. The summed E-state index contributed by atoms with van der Waals surface area (Å²) < 4.78 is 24.3. The van der Waals surface area contributed by atoms with Crippen LogP contribution in [0, 0.1) is 5.82 Å². The van der Waals surface area contributed by atoms with Crippen molar-refractivity contribution >= 4 is 45.1 Å². The molecule has 0 saturated carbocycles. The fourth-order valence-electron chi connectivity index (χ4n) is 2.95. The number of benzene rings is 2. The third kappa shape index (κ3) is 5.11. The van der Waals surface area contributed by atoms with Crippen LogP contribution in [0.4, 0.5) is 15.8 Å². The quantitative estimate of drug-likeness (QED) is 0.686. The average molecular weight is 465 g/mol. The number of nitrogens with one attached hydrogen (secondary N) is 1. The minimum atomic E-state index is -0.814. The van der Waals surface area contributed by atoms with E-state index < -0.39 is 36.9 Å². The van der Waals surface area contributed by atoms with E-state index in [0.29, 0.717) is 15.8 Å². The molecule has 1 unspecified atom stereocenters. The molecule has 2 aromatic rings. The van der Waals surface area contributed by atoms with Gasteiger partial charge in [-0.3, -0.25) is 9.59 Å². The molecule has 0 bridgehead atoms. The molecule has 3 rings (SSSR count). The summed E-state index contributed by atoms with van der Waals surface area (Å²) in [6.07, 6.45) is 0.111. The minimum Gasteiger partial charge on any atom is -0.479 e. The van der Waals surface area contributed by atoms with E-state index in [0.717, 1.165) is 0 Å². The number of hydrogen-bond donors (Lipinski definition) is 1. The molecule has 1 N–H and O–H groups in total. The minimum absolute atomic E-state index is 0.101. The van der Waals surface area contributed by atoms with Crippen LogP contribution in [0.3, 0.4) is 0 Å². The molecular formula is C20H18BrFN2O5. The number of nitrogens with zero attached hydrogens (tertiary/aromatic N) is 1. The highest BCUT2D eigenvalue weighted by Gasteiger charge is 2.30. The van der Waals surface area contributed by atoms with E-state index in [9.17, 15) is 18.8 Å². The van der Waals surface area contributed by atoms with E-state index in [2.05, 4.69) is 21.2 Å². The van der Waals surface area contributed by atoms with Gasteiger partial charge in [-0.15, -0.1) is 0 Å². The second-order valence-electron chi connectivity index (χ2n) is 6.41. The van der Waals surface area contributed by atoms with Crippen molar-refractivity contribution in [3.8, 4) is 5.75 Å². The highest BCUT2D eigenvalue weighted by atomic mass is 79.9. The summed E-state index contributed by atoms with van der Waals surface area (Å²) in [4.78, 5) is 38.0. The van der Waals surface area contributed by atoms with Crippen LogP contribution in [0.2, 0.25) is 0 Å². The molecule has 0 fully saturated rings. The largest absolute Gasteiger partial charge is 0.479 e. The molecule has 1 heterocycles. The van der Waals surface area contributed by atoms with Crippen molar-refractivity contribution in [1.82, 2.24) is 0 Å². The van der Waals surface area contributed by atoms with Gasteiger partial charge in [0.15, 0.2) is 24.8 Å². The Hall–Kier alpha value is -2.94. The second-order valence-corrected chi connectivity index (χ2v) is 7.32. The third-order valence-electron chi connectivity index (χ3n) is 4.22. The zero-order valence-electron chi connectivity index (χ0n) is 15.5. The second kappa shape index (κ2) is 9.04. The van der Waals surface area contributed by atoms with Crippen molar-refractivity contribution in [2.75, 3.05) is 23.4 Å². The normalized spacial score (nSPS) is 15.8. The van der Waals surface area contributed by atoms with Gasteiger partial charge in [0.05, 0.1) is 11.4 Å². The molecule has 0 aliphatic carbocycles. The summed E-state index contributed by atoms with van der Waals surface area (Å²) in [7, 11) is 0. The molecule has 0 saturated heterocycles. The van der Waals surface area contributed by atoms with Gasteiger partial charge in [-0.1, -0.05) is 28.1 Å². The Bertz CT molecular complexity index is 952. The van der Waals surface area contributed by atoms with Gasteiger partial charge >= 0.3 is 5.97 Å². The van der Waals surface area contributed by atoms with Crippen LogP contribution in [0.15, 0.2) is 46.9 Å². The topological polar surface area (TPSA) is 84.9 Å². The number of esters is 1. The molecule has 9 heteroatoms. The van der Waals surface area contributed by atoms with E-state index in [-0.39, 0.29) is 18.1 Å². The molecular weight excluding hydrogens is 447 g/mol. The summed E-state index contributed by atoms with van der Waals surface area (Å²) in [5, 5.41) is 2.75. The predicted molar refractivity (Wildman–Crippen MR) is 107 cm³/mol. The van der Waals surface area contributed by atoms with Gasteiger partial charge in [-0.05, 0) is 37.3 Å². The molecule has 0 aromatic heterocycles. The summed E-state index contributed by atoms with van der Waals surface area (Å²) in [6.45, 7) is 0.663. The average Bonchev–Trinajstić information content (AvgIpc) is 2.79. The van der Waals surface area contributed by atoms with Crippen molar-refractivity contribution < 1.29 is 28.2 Å². The van der Waals surface area contributed by atoms with E-state index in [1.165, 1.54) is 17.0 Å².